The fourth-order valence-corrected chi connectivity index (χ4v) is 1.83. The number of halogens is 1. The highest BCUT2D eigenvalue weighted by atomic mass is 35.5. The molecule has 8 heteroatoms. The number of nitrogens with one attached hydrogen (secondary N) is 1. The summed E-state index contributed by atoms with van der Waals surface area (Å²) in [6.07, 6.45) is 0. The molecule has 0 aliphatic rings. The van der Waals surface area contributed by atoms with Crippen LogP contribution in [-0.2, 0) is 4.84 Å². The first-order valence-corrected chi connectivity index (χ1v) is 6.37. The zero-order valence-corrected chi connectivity index (χ0v) is 11.7. The number of nitro groups is 1. The molecule has 0 fully saturated rings. The minimum atomic E-state index is -0.927. The minimum Gasteiger partial charge on any atom is -0.335 e. The Morgan fingerprint density at radius 3 is 2.41 bits per heavy atom. The van der Waals surface area contributed by atoms with Crippen molar-refractivity contribution in [2.24, 2.45) is 0 Å². The highest BCUT2D eigenvalue weighted by molar-refractivity contribution is 6.33. The van der Waals surface area contributed by atoms with Crippen LogP contribution in [0.15, 0.2) is 48.5 Å². The van der Waals surface area contributed by atoms with E-state index in [-0.39, 0.29) is 16.3 Å². The Bertz CT molecular complexity index is 733. The average Bonchev–Trinajstić information content (AvgIpc) is 2.52. The molecule has 2 aromatic carbocycles. The van der Waals surface area contributed by atoms with E-state index in [9.17, 15) is 19.7 Å². The van der Waals surface area contributed by atoms with Gasteiger partial charge in [-0.25, -0.2) is 4.79 Å². The molecule has 0 saturated heterocycles. The topological polar surface area (TPSA) is 98.5 Å². The molecular weight excluding hydrogens is 312 g/mol. The maximum absolute atomic E-state index is 11.8. The van der Waals surface area contributed by atoms with Crippen molar-refractivity contribution < 1.29 is 19.3 Å². The van der Waals surface area contributed by atoms with Crippen LogP contribution >= 0.6 is 11.6 Å². The molecule has 0 unspecified atom stereocenters. The van der Waals surface area contributed by atoms with Crippen LogP contribution in [0.4, 0.5) is 5.69 Å². The summed E-state index contributed by atoms with van der Waals surface area (Å²) < 4.78 is 0. The van der Waals surface area contributed by atoms with Crippen molar-refractivity contribution in [1.82, 2.24) is 5.48 Å². The number of hydrogen-bond acceptors (Lipinski definition) is 5. The number of amides is 1. The number of carbonyl (C=O) groups is 2. The second kappa shape index (κ2) is 6.68. The molecular formula is C14H9ClN2O5. The van der Waals surface area contributed by atoms with Gasteiger partial charge in [-0.3, -0.25) is 14.9 Å². The van der Waals surface area contributed by atoms with Gasteiger partial charge in [-0.15, -0.1) is 0 Å². The van der Waals surface area contributed by atoms with Gasteiger partial charge in [0.15, 0.2) is 0 Å². The molecule has 1 N–H and O–H groups in total. The summed E-state index contributed by atoms with van der Waals surface area (Å²) in [6, 6.07) is 11.4. The lowest BCUT2D eigenvalue weighted by Gasteiger charge is -2.06. The molecule has 1 amide bonds. The van der Waals surface area contributed by atoms with E-state index >= 15 is 0 Å². The van der Waals surface area contributed by atoms with Crippen LogP contribution in [0.3, 0.4) is 0 Å². The Labute approximate surface area is 129 Å². The summed E-state index contributed by atoms with van der Waals surface area (Å²) in [4.78, 5) is 38.1. The molecule has 0 saturated carbocycles. The third-order valence-corrected chi connectivity index (χ3v) is 2.97. The summed E-state index contributed by atoms with van der Waals surface area (Å²) in [5.41, 5.74) is 1.94. The Balaban J connectivity index is 2.04. The van der Waals surface area contributed by atoms with Gasteiger partial charge in [0, 0.05) is 17.7 Å². The Hall–Kier alpha value is -2.93. The molecule has 0 bridgehead atoms. The molecule has 0 atom stereocenters. The van der Waals surface area contributed by atoms with Crippen LogP contribution in [0.25, 0.3) is 0 Å². The van der Waals surface area contributed by atoms with Crippen molar-refractivity contribution in [3.05, 3.63) is 74.8 Å². The number of non-ortho nitro benzene ring substituents is 1. The lowest BCUT2D eigenvalue weighted by molar-refractivity contribution is -0.384. The van der Waals surface area contributed by atoms with Crippen LogP contribution in [0.5, 0.6) is 0 Å². The maximum Gasteiger partial charge on any atom is 0.364 e. The largest absolute Gasteiger partial charge is 0.364 e. The first-order chi connectivity index (χ1) is 10.5. The van der Waals surface area contributed by atoms with Gasteiger partial charge in [-0.2, -0.15) is 5.48 Å². The molecule has 0 heterocycles. The number of rotatable bonds is 3. The quantitative estimate of drug-likeness (QED) is 0.692. The lowest BCUT2D eigenvalue weighted by Crippen LogP contribution is -2.27. The molecule has 7 nitrogen and oxygen atoms in total. The van der Waals surface area contributed by atoms with Crippen molar-refractivity contribution in [3.63, 3.8) is 0 Å². The van der Waals surface area contributed by atoms with Crippen LogP contribution < -0.4 is 5.48 Å². The van der Waals surface area contributed by atoms with Gasteiger partial charge in [0.1, 0.15) is 0 Å². The Morgan fingerprint density at radius 2 is 1.82 bits per heavy atom. The highest BCUT2D eigenvalue weighted by Gasteiger charge is 2.17. The smallest absolute Gasteiger partial charge is 0.335 e. The van der Waals surface area contributed by atoms with E-state index in [0.29, 0.717) is 5.56 Å². The van der Waals surface area contributed by atoms with Gasteiger partial charge in [0.2, 0.25) is 0 Å². The molecule has 0 radical (unpaired) electrons. The van der Waals surface area contributed by atoms with Gasteiger partial charge in [0.25, 0.3) is 11.6 Å². The predicted octanol–water partition coefficient (Wildman–Crippen LogP) is 2.75. The lowest BCUT2D eigenvalue weighted by atomic mass is 10.2. The third kappa shape index (κ3) is 3.58. The molecule has 0 aromatic heterocycles. The number of nitrogens with zero attached hydrogens (tertiary/aromatic N) is 1. The SMILES string of the molecule is O=C(NOC(=O)c1ccc([N+](=O)[O-])cc1Cl)c1ccccc1. The molecule has 2 aromatic rings. The van der Waals surface area contributed by atoms with E-state index in [1.807, 2.05) is 5.48 Å². The molecule has 0 aliphatic carbocycles. The number of hydrogen-bond donors (Lipinski definition) is 1. The van der Waals surface area contributed by atoms with Crippen LogP contribution in [0.1, 0.15) is 20.7 Å². The third-order valence-electron chi connectivity index (χ3n) is 2.66. The first kappa shape index (κ1) is 15.5. The van der Waals surface area contributed by atoms with Crippen molar-refractivity contribution in [2.45, 2.75) is 0 Å². The number of benzene rings is 2. The normalized spacial score (nSPS) is 9.86. The van der Waals surface area contributed by atoms with Crippen molar-refractivity contribution in [2.75, 3.05) is 0 Å². The van der Waals surface area contributed by atoms with Gasteiger partial charge in [-0.05, 0) is 18.2 Å². The van der Waals surface area contributed by atoms with Gasteiger partial charge in [-0.1, -0.05) is 29.8 Å². The number of hydroxylamine groups is 1. The standard InChI is InChI=1S/C14H9ClN2O5/c15-12-8-10(17(20)21)6-7-11(12)14(19)22-16-13(18)9-4-2-1-3-5-9/h1-8H,(H,16,18). The van der Waals surface area contributed by atoms with Gasteiger partial charge in [0.05, 0.1) is 15.5 Å². The van der Waals surface area contributed by atoms with Crippen LogP contribution in [-0.4, -0.2) is 16.8 Å². The van der Waals surface area contributed by atoms with Gasteiger partial charge < -0.3 is 4.84 Å². The second-order valence-corrected chi connectivity index (χ2v) is 4.52. The van der Waals surface area contributed by atoms with Crippen LogP contribution in [0, 0.1) is 10.1 Å². The molecule has 22 heavy (non-hydrogen) atoms. The predicted molar refractivity (Wildman–Crippen MR) is 77.4 cm³/mol. The van der Waals surface area contributed by atoms with E-state index in [4.69, 9.17) is 11.6 Å². The van der Waals surface area contributed by atoms with Crippen molar-refractivity contribution >= 4 is 29.2 Å². The van der Waals surface area contributed by atoms with Crippen LogP contribution in [0.2, 0.25) is 5.02 Å². The number of nitro benzene ring substituents is 1. The summed E-state index contributed by atoms with van der Waals surface area (Å²) in [7, 11) is 0. The zero-order valence-electron chi connectivity index (χ0n) is 11.0. The summed E-state index contributed by atoms with van der Waals surface area (Å²) in [6.45, 7) is 0. The zero-order chi connectivity index (χ0) is 16.1. The molecule has 0 aliphatic heterocycles. The van der Waals surface area contributed by atoms with Crippen molar-refractivity contribution in [1.29, 1.82) is 0 Å². The van der Waals surface area contributed by atoms with E-state index in [1.165, 1.54) is 0 Å². The van der Waals surface area contributed by atoms with E-state index in [1.54, 1.807) is 30.3 Å². The van der Waals surface area contributed by atoms with Crippen molar-refractivity contribution in [3.8, 4) is 0 Å². The first-order valence-electron chi connectivity index (χ1n) is 5.99. The van der Waals surface area contributed by atoms with E-state index in [0.717, 1.165) is 18.2 Å². The van der Waals surface area contributed by atoms with Gasteiger partial charge >= 0.3 is 5.97 Å². The van der Waals surface area contributed by atoms with E-state index < -0.39 is 16.8 Å². The summed E-state index contributed by atoms with van der Waals surface area (Å²) in [5, 5.41) is 10.4. The average molecular weight is 321 g/mol. The minimum absolute atomic E-state index is 0.0966. The Morgan fingerprint density at radius 1 is 1.14 bits per heavy atom. The maximum atomic E-state index is 11.8. The molecule has 0 spiro atoms. The molecule has 112 valence electrons. The fraction of sp³-hybridized carbons (Fsp3) is 0. The highest BCUT2D eigenvalue weighted by Crippen LogP contribution is 2.22. The monoisotopic (exact) mass is 320 g/mol. The second-order valence-electron chi connectivity index (χ2n) is 4.11. The molecule has 2 rings (SSSR count). The number of carbonyl (C=O) groups excluding carboxylic acids is 2. The van der Waals surface area contributed by atoms with E-state index in [2.05, 4.69) is 4.84 Å². The Kier molecular flexibility index (Phi) is 4.70. The fourth-order valence-electron chi connectivity index (χ4n) is 1.58. The summed E-state index contributed by atoms with van der Waals surface area (Å²) in [5.74, 6) is -1.53. The summed E-state index contributed by atoms with van der Waals surface area (Å²) >= 11 is 5.78.